The number of aryl methyl sites for hydroxylation is 1. The SMILES string of the molecule is Cc1cccc(NC2CCN(c3ncc([N+](=O)[O-])c(N)n3)CC2)n1. The predicted octanol–water partition coefficient (Wildman–Crippen LogP) is 1.75. The third-order valence-electron chi connectivity index (χ3n) is 4.00. The van der Waals surface area contributed by atoms with Crippen LogP contribution < -0.4 is 16.0 Å². The minimum absolute atomic E-state index is 0.103. The highest BCUT2D eigenvalue weighted by atomic mass is 16.6. The molecule has 2 aromatic rings. The van der Waals surface area contributed by atoms with Crippen LogP contribution in [0.1, 0.15) is 18.5 Å². The van der Waals surface area contributed by atoms with Gasteiger partial charge in [0.1, 0.15) is 12.0 Å². The lowest BCUT2D eigenvalue weighted by Gasteiger charge is -2.32. The van der Waals surface area contributed by atoms with Crippen LogP contribution in [0.5, 0.6) is 0 Å². The quantitative estimate of drug-likeness (QED) is 0.642. The highest BCUT2D eigenvalue weighted by molar-refractivity contribution is 5.54. The standard InChI is InChI=1S/C15H19N7O2/c1-10-3-2-4-13(18-10)19-11-5-7-21(8-6-11)15-17-9-12(22(23)24)14(16)20-15/h2-4,9,11H,5-8H2,1H3,(H,18,19)(H2,16,17,20). The maximum absolute atomic E-state index is 10.8. The zero-order valence-electron chi connectivity index (χ0n) is 13.3. The maximum atomic E-state index is 10.8. The lowest BCUT2D eigenvalue weighted by molar-refractivity contribution is -0.384. The number of aromatic nitrogens is 3. The molecule has 0 aliphatic carbocycles. The second-order valence-electron chi connectivity index (χ2n) is 5.77. The first-order valence-electron chi connectivity index (χ1n) is 7.75. The van der Waals surface area contributed by atoms with Gasteiger partial charge < -0.3 is 16.0 Å². The third-order valence-corrected chi connectivity index (χ3v) is 4.00. The van der Waals surface area contributed by atoms with E-state index in [4.69, 9.17) is 5.73 Å². The molecule has 2 aromatic heterocycles. The van der Waals surface area contributed by atoms with Crippen LogP contribution in [0.15, 0.2) is 24.4 Å². The maximum Gasteiger partial charge on any atom is 0.329 e. The molecule has 3 rings (SSSR count). The molecule has 1 aliphatic heterocycles. The van der Waals surface area contributed by atoms with Crippen LogP contribution >= 0.6 is 0 Å². The zero-order chi connectivity index (χ0) is 17.1. The van der Waals surface area contributed by atoms with Crippen molar-refractivity contribution in [2.45, 2.75) is 25.8 Å². The van der Waals surface area contributed by atoms with Gasteiger partial charge in [0.25, 0.3) is 0 Å². The summed E-state index contributed by atoms with van der Waals surface area (Å²) in [5.41, 5.74) is 6.35. The Morgan fingerprint density at radius 2 is 2.08 bits per heavy atom. The number of nitrogen functional groups attached to an aromatic ring is 1. The minimum Gasteiger partial charge on any atom is -0.378 e. The van der Waals surface area contributed by atoms with E-state index in [-0.39, 0.29) is 11.5 Å². The average molecular weight is 329 g/mol. The molecule has 1 saturated heterocycles. The van der Waals surface area contributed by atoms with Crippen molar-refractivity contribution in [2.75, 3.05) is 29.0 Å². The Hall–Kier alpha value is -2.97. The van der Waals surface area contributed by atoms with Gasteiger partial charge in [-0.25, -0.2) is 9.97 Å². The van der Waals surface area contributed by atoms with Crippen LogP contribution in [0.3, 0.4) is 0 Å². The second-order valence-corrected chi connectivity index (χ2v) is 5.77. The lowest BCUT2D eigenvalue weighted by atomic mass is 10.1. The summed E-state index contributed by atoms with van der Waals surface area (Å²) >= 11 is 0. The molecule has 9 heteroatoms. The van der Waals surface area contributed by atoms with Gasteiger partial charge in [0.05, 0.1) is 4.92 Å². The first-order valence-corrected chi connectivity index (χ1v) is 7.75. The van der Waals surface area contributed by atoms with E-state index in [1.807, 2.05) is 30.0 Å². The van der Waals surface area contributed by atoms with Gasteiger partial charge >= 0.3 is 5.69 Å². The van der Waals surface area contributed by atoms with Crippen molar-refractivity contribution in [1.82, 2.24) is 15.0 Å². The van der Waals surface area contributed by atoms with Gasteiger partial charge in [-0.1, -0.05) is 6.07 Å². The number of rotatable bonds is 4. The summed E-state index contributed by atoms with van der Waals surface area (Å²) in [5.74, 6) is 1.21. The van der Waals surface area contributed by atoms with Crippen molar-refractivity contribution in [3.8, 4) is 0 Å². The molecular formula is C15H19N7O2. The van der Waals surface area contributed by atoms with Crippen LogP contribution in [0, 0.1) is 17.0 Å². The molecule has 0 atom stereocenters. The zero-order valence-corrected chi connectivity index (χ0v) is 13.3. The minimum atomic E-state index is -0.579. The van der Waals surface area contributed by atoms with E-state index in [2.05, 4.69) is 20.3 Å². The summed E-state index contributed by atoms with van der Waals surface area (Å²) in [5, 5.41) is 14.2. The Kier molecular flexibility index (Phi) is 4.41. The molecule has 24 heavy (non-hydrogen) atoms. The Morgan fingerprint density at radius 1 is 1.33 bits per heavy atom. The smallest absolute Gasteiger partial charge is 0.329 e. The summed E-state index contributed by atoms with van der Waals surface area (Å²) in [4.78, 5) is 24.8. The number of hydrogen-bond donors (Lipinski definition) is 2. The fourth-order valence-electron chi connectivity index (χ4n) is 2.73. The molecule has 0 saturated carbocycles. The number of nitrogens with two attached hydrogens (primary N) is 1. The molecule has 0 bridgehead atoms. The molecule has 0 aromatic carbocycles. The molecule has 126 valence electrons. The third kappa shape index (κ3) is 3.50. The van der Waals surface area contributed by atoms with Crippen LogP contribution in [-0.4, -0.2) is 39.0 Å². The van der Waals surface area contributed by atoms with Crippen LogP contribution in [-0.2, 0) is 0 Å². The van der Waals surface area contributed by atoms with Gasteiger partial charge in [-0.3, -0.25) is 10.1 Å². The Bertz CT molecular complexity index is 744. The number of nitrogens with one attached hydrogen (secondary N) is 1. The van der Waals surface area contributed by atoms with Crippen molar-refractivity contribution in [3.05, 3.63) is 40.2 Å². The highest BCUT2D eigenvalue weighted by Gasteiger charge is 2.23. The summed E-state index contributed by atoms with van der Waals surface area (Å²) in [6.07, 6.45) is 2.96. The normalized spacial score (nSPS) is 15.3. The fourth-order valence-corrected chi connectivity index (χ4v) is 2.73. The van der Waals surface area contributed by atoms with E-state index in [0.717, 1.165) is 37.4 Å². The Labute approximate surface area is 139 Å². The van der Waals surface area contributed by atoms with E-state index in [9.17, 15) is 10.1 Å². The second kappa shape index (κ2) is 6.65. The van der Waals surface area contributed by atoms with E-state index < -0.39 is 4.92 Å². The van der Waals surface area contributed by atoms with Gasteiger partial charge in [0.15, 0.2) is 0 Å². The number of nitro groups is 1. The summed E-state index contributed by atoms with van der Waals surface area (Å²) in [6.45, 7) is 3.46. The summed E-state index contributed by atoms with van der Waals surface area (Å²) in [7, 11) is 0. The number of hydrogen-bond acceptors (Lipinski definition) is 8. The molecule has 3 heterocycles. The van der Waals surface area contributed by atoms with Crippen LogP contribution in [0.2, 0.25) is 0 Å². The lowest BCUT2D eigenvalue weighted by Crippen LogP contribution is -2.40. The van der Waals surface area contributed by atoms with E-state index >= 15 is 0 Å². The Morgan fingerprint density at radius 3 is 2.71 bits per heavy atom. The summed E-state index contributed by atoms with van der Waals surface area (Å²) < 4.78 is 0. The van der Waals surface area contributed by atoms with Crippen molar-refractivity contribution in [3.63, 3.8) is 0 Å². The predicted molar refractivity (Wildman–Crippen MR) is 90.9 cm³/mol. The first-order chi connectivity index (χ1) is 11.5. The van der Waals surface area contributed by atoms with Gasteiger partial charge in [0.2, 0.25) is 11.8 Å². The van der Waals surface area contributed by atoms with Gasteiger partial charge in [-0.05, 0) is 31.9 Å². The van der Waals surface area contributed by atoms with Crippen molar-refractivity contribution in [1.29, 1.82) is 0 Å². The van der Waals surface area contributed by atoms with E-state index in [1.165, 1.54) is 6.20 Å². The number of pyridine rings is 1. The van der Waals surface area contributed by atoms with Crippen molar-refractivity contribution >= 4 is 23.3 Å². The Balaban J connectivity index is 1.61. The number of piperidine rings is 1. The number of nitrogens with zero attached hydrogens (tertiary/aromatic N) is 5. The molecule has 0 radical (unpaired) electrons. The molecule has 1 fully saturated rings. The van der Waals surface area contributed by atoms with Crippen molar-refractivity contribution in [2.24, 2.45) is 0 Å². The molecule has 0 amide bonds. The largest absolute Gasteiger partial charge is 0.378 e. The van der Waals surface area contributed by atoms with Gasteiger partial charge in [-0.2, -0.15) is 4.98 Å². The van der Waals surface area contributed by atoms with E-state index in [1.54, 1.807) is 0 Å². The number of anilines is 3. The van der Waals surface area contributed by atoms with Crippen LogP contribution in [0.25, 0.3) is 0 Å². The van der Waals surface area contributed by atoms with Crippen molar-refractivity contribution < 1.29 is 4.92 Å². The topological polar surface area (TPSA) is 123 Å². The van der Waals surface area contributed by atoms with Gasteiger partial charge in [-0.15, -0.1) is 0 Å². The van der Waals surface area contributed by atoms with Crippen LogP contribution in [0.4, 0.5) is 23.3 Å². The molecule has 3 N–H and O–H groups in total. The molecule has 9 nitrogen and oxygen atoms in total. The molecule has 0 spiro atoms. The monoisotopic (exact) mass is 329 g/mol. The highest BCUT2D eigenvalue weighted by Crippen LogP contribution is 2.23. The molecule has 0 unspecified atom stereocenters. The van der Waals surface area contributed by atoms with Gasteiger partial charge in [0, 0.05) is 24.8 Å². The summed E-state index contributed by atoms with van der Waals surface area (Å²) in [6, 6.07) is 6.22. The first kappa shape index (κ1) is 15.9. The average Bonchev–Trinajstić information content (AvgIpc) is 2.55. The molecule has 1 aliphatic rings. The van der Waals surface area contributed by atoms with E-state index in [0.29, 0.717) is 12.0 Å². The fraction of sp³-hybridized carbons (Fsp3) is 0.400. The molecular weight excluding hydrogens is 310 g/mol.